The molecule has 0 amide bonds. The number of aliphatic hydroxyl groups is 1. The third kappa shape index (κ3) is 5.07. The first kappa shape index (κ1) is 15.0. The Morgan fingerprint density at radius 1 is 1.06 bits per heavy atom. The molecule has 0 spiro atoms. The van der Waals surface area contributed by atoms with Crippen molar-refractivity contribution in [2.24, 2.45) is 0 Å². The van der Waals surface area contributed by atoms with E-state index in [2.05, 4.69) is 32.6 Å². The second-order valence-electron chi connectivity index (χ2n) is 5.16. The molecule has 0 bridgehead atoms. The van der Waals surface area contributed by atoms with Crippen LogP contribution in [0.25, 0.3) is 0 Å². The molecule has 1 aromatic rings. The predicted octanol–water partition coefficient (Wildman–Crippen LogP) is 2.55. The van der Waals surface area contributed by atoms with E-state index in [1.165, 1.54) is 0 Å². The van der Waals surface area contributed by atoms with E-state index in [0.29, 0.717) is 25.2 Å². The summed E-state index contributed by atoms with van der Waals surface area (Å²) in [7, 11) is 0. The van der Waals surface area contributed by atoms with E-state index in [9.17, 15) is 5.11 Å². The van der Waals surface area contributed by atoms with Crippen LogP contribution < -0.4 is 4.74 Å². The number of para-hydroxylation sites is 1. The van der Waals surface area contributed by atoms with Crippen LogP contribution in [0.1, 0.15) is 27.7 Å². The van der Waals surface area contributed by atoms with Crippen molar-refractivity contribution >= 4 is 0 Å². The van der Waals surface area contributed by atoms with Crippen molar-refractivity contribution in [2.75, 3.05) is 13.2 Å². The van der Waals surface area contributed by atoms with Crippen LogP contribution in [0.3, 0.4) is 0 Å². The number of rotatable bonds is 7. The van der Waals surface area contributed by atoms with E-state index >= 15 is 0 Å². The molecule has 0 radical (unpaired) electrons. The average molecular weight is 251 g/mol. The lowest BCUT2D eigenvalue weighted by Crippen LogP contribution is -2.43. The maximum atomic E-state index is 10.0. The number of hydrogen-bond acceptors (Lipinski definition) is 3. The predicted molar refractivity (Wildman–Crippen MR) is 74.9 cm³/mol. The van der Waals surface area contributed by atoms with Crippen molar-refractivity contribution in [2.45, 2.75) is 45.9 Å². The normalized spacial score (nSPS) is 13.3. The highest BCUT2D eigenvalue weighted by molar-refractivity contribution is 5.20. The highest BCUT2D eigenvalue weighted by Gasteiger charge is 2.17. The molecule has 1 rings (SSSR count). The Bertz CT molecular complexity index is 317. The molecule has 0 fully saturated rings. The molecule has 0 aliphatic carbocycles. The van der Waals surface area contributed by atoms with Crippen LogP contribution in [0.2, 0.25) is 0 Å². The number of ether oxygens (including phenoxy) is 1. The Morgan fingerprint density at radius 3 is 2.11 bits per heavy atom. The van der Waals surface area contributed by atoms with Gasteiger partial charge in [0.2, 0.25) is 0 Å². The Kier molecular flexibility index (Phi) is 6.16. The number of benzene rings is 1. The molecule has 3 nitrogen and oxygen atoms in total. The second kappa shape index (κ2) is 7.39. The first-order valence-electron chi connectivity index (χ1n) is 6.62. The van der Waals surface area contributed by atoms with Gasteiger partial charge in [0, 0.05) is 18.6 Å². The molecule has 1 atom stereocenters. The van der Waals surface area contributed by atoms with Crippen molar-refractivity contribution < 1.29 is 9.84 Å². The summed E-state index contributed by atoms with van der Waals surface area (Å²) in [5.41, 5.74) is 0. The first-order valence-corrected chi connectivity index (χ1v) is 6.62. The number of hydrogen-bond donors (Lipinski definition) is 1. The molecule has 18 heavy (non-hydrogen) atoms. The van der Waals surface area contributed by atoms with Gasteiger partial charge in [-0.1, -0.05) is 18.2 Å². The summed E-state index contributed by atoms with van der Waals surface area (Å²) in [4.78, 5) is 2.26. The summed E-state index contributed by atoms with van der Waals surface area (Å²) >= 11 is 0. The molecule has 0 aliphatic rings. The van der Waals surface area contributed by atoms with Gasteiger partial charge in [-0.05, 0) is 39.8 Å². The van der Waals surface area contributed by atoms with Gasteiger partial charge in [0.25, 0.3) is 0 Å². The number of aliphatic hydroxyl groups excluding tert-OH is 1. The highest BCUT2D eigenvalue weighted by atomic mass is 16.5. The molecule has 0 aliphatic heterocycles. The average Bonchev–Trinajstić information content (AvgIpc) is 2.34. The zero-order valence-corrected chi connectivity index (χ0v) is 11.8. The van der Waals surface area contributed by atoms with Gasteiger partial charge in [0.1, 0.15) is 18.5 Å². The van der Waals surface area contributed by atoms with Gasteiger partial charge in [-0.2, -0.15) is 0 Å². The molecule has 0 saturated carbocycles. The highest BCUT2D eigenvalue weighted by Crippen LogP contribution is 2.10. The summed E-state index contributed by atoms with van der Waals surface area (Å²) in [5, 5.41) is 10.0. The maximum Gasteiger partial charge on any atom is 0.119 e. The molecular weight excluding hydrogens is 226 g/mol. The van der Waals surface area contributed by atoms with Crippen molar-refractivity contribution in [1.82, 2.24) is 4.90 Å². The van der Waals surface area contributed by atoms with Crippen LogP contribution >= 0.6 is 0 Å². The fourth-order valence-corrected chi connectivity index (χ4v) is 2.02. The molecule has 1 aromatic carbocycles. The van der Waals surface area contributed by atoms with Gasteiger partial charge in [-0.25, -0.2) is 0 Å². The Labute approximate surface area is 110 Å². The Hall–Kier alpha value is -1.06. The topological polar surface area (TPSA) is 32.7 Å². The maximum absolute atomic E-state index is 10.0. The fourth-order valence-electron chi connectivity index (χ4n) is 2.02. The summed E-state index contributed by atoms with van der Waals surface area (Å²) in [6.45, 7) is 9.55. The smallest absolute Gasteiger partial charge is 0.119 e. The van der Waals surface area contributed by atoms with E-state index in [1.807, 2.05) is 30.3 Å². The van der Waals surface area contributed by atoms with Gasteiger partial charge < -0.3 is 9.84 Å². The zero-order chi connectivity index (χ0) is 13.5. The van der Waals surface area contributed by atoms with Crippen LogP contribution in [0.4, 0.5) is 0 Å². The van der Waals surface area contributed by atoms with E-state index < -0.39 is 6.10 Å². The van der Waals surface area contributed by atoms with Crippen molar-refractivity contribution in [1.29, 1.82) is 0 Å². The third-order valence-corrected chi connectivity index (χ3v) is 2.93. The van der Waals surface area contributed by atoms with E-state index in [1.54, 1.807) is 0 Å². The standard InChI is InChI=1S/C15H25NO2/c1-12(2)16(13(3)4)10-14(17)11-18-15-8-6-5-7-9-15/h5-9,12-14,17H,10-11H2,1-4H3. The minimum atomic E-state index is -0.463. The molecule has 0 heterocycles. The first-order chi connectivity index (χ1) is 8.50. The third-order valence-electron chi connectivity index (χ3n) is 2.93. The quantitative estimate of drug-likeness (QED) is 0.808. The van der Waals surface area contributed by atoms with Crippen molar-refractivity contribution in [3.05, 3.63) is 30.3 Å². The molecule has 1 unspecified atom stereocenters. The summed E-state index contributed by atoms with van der Waals surface area (Å²) < 4.78 is 5.55. The zero-order valence-electron chi connectivity index (χ0n) is 11.8. The molecule has 0 aromatic heterocycles. The van der Waals surface area contributed by atoms with Crippen LogP contribution in [0.5, 0.6) is 5.75 Å². The largest absolute Gasteiger partial charge is 0.491 e. The fraction of sp³-hybridized carbons (Fsp3) is 0.600. The lowest BCUT2D eigenvalue weighted by Gasteiger charge is -2.32. The summed E-state index contributed by atoms with van der Waals surface area (Å²) in [5.74, 6) is 0.803. The SMILES string of the molecule is CC(C)N(CC(O)COc1ccccc1)C(C)C. The lowest BCUT2D eigenvalue weighted by atomic mass is 10.2. The molecule has 102 valence electrons. The van der Waals surface area contributed by atoms with Gasteiger partial charge in [-0.3, -0.25) is 4.90 Å². The Balaban J connectivity index is 2.39. The van der Waals surface area contributed by atoms with E-state index in [0.717, 1.165) is 5.75 Å². The molecule has 0 saturated heterocycles. The summed E-state index contributed by atoms with van der Waals surface area (Å²) in [6, 6.07) is 10.5. The lowest BCUT2D eigenvalue weighted by molar-refractivity contribution is 0.0445. The monoisotopic (exact) mass is 251 g/mol. The minimum absolute atomic E-state index is 0.333. The second-order valence-corrected chi connectivity index (χ2v) is 5.16. The molecule has 1 N–H and O–H groups in total. The minimum Gasteiger partial charge on any atom is -0.491 e. The van der Waals surface area contributed by atoms with Crippen LogP contribution in [0.15, 0.2) is 30.3 Å². The van der Waals surface area contributed by atoms with Crippen molar-refractivity contribution in [3.8, 4) is 5.75 Å². The van der Waals surface area contributed by atoms with Gasteiger partial charge in [-0.15, -0.1) is 0 Å². The molecule has 3 heteroatoms. The van der Waals surface area contributed by atoms with Crippen molar-refractivity contribution in [3.63, 3.8) is 0 Å². The summed E-state index contributed by atoms with van der Waals surface area (Å²) in [6.07, 6.45) is -0.463. The molecular formula is C15H25NO2. The van der Waals surface area contributed by atoms with E-state index in [4.69, 9.17) is 4.74 Å². The van der Waals surface area contributed by atoms with Crippen LogP contribution in [-0.4, -0.2) is 41.3 Å². The van der Waals surface area contributed by atoms with Crippen LogP contribution in [0, 0.1) is 0 Å². The van der Waals surface area contributed by atoms with Gasteiger partial charge in [0.15, 0.2) is 0 Å². The van der Waals surface area contributed by atoms with Crippen LogP contribution in [-0.2, 0) is 0 Å². The van der Waals surface area contributed by atoms with Gasteiger partial charge in [0.05, 0.1) is 0 Å². The Morgan fingerprint density at radius 2 is 1.61 bits per heavy atom. The number of nitrogens with zero attached hydrogens (tertiary/aromatic N) is 1. The van der Waals surface area contributed by atoms with E-state index in [-0.39, 0.29) is 0 Å². The van der Waals surface area contributed by atoms with Gasteiger partial charge >= 0.3 is 0 Å².